The molecule has 4 N–H and O–H groups in total. The van der Waals surface area contributed by atoms with Crippen molar-refractivity contribution in [2.45, 2.75) is 27.3 Å². The molecule has 1 aromatic carbocycles. The Bertz CT molecular complexity index is 2220. The first-order chi connectivity index (χ1) is 21.3. The Morgan fingerprint density at radius 2 is 1.80 bits per heavy atom. The maximum Gasteiger partial charge on any atom is 0.229 e. The van der Waals surface area contributed by atoms with Crippen molar-refractivity contribution in [2.75, 3.05) is 11.6 Å². The number of fused-ring (bicyclic) bond motifs is 2. The third-order valence-corrected chi connectivity index (χ3v) is 7.58. The highest BCUT2D eigenvalue weighted by molar-refractivity contribution is 7.88. The summed E-state index contributed by atoms with van der Waals surface area (Å²) in [6, 6.07) is 7.39. The third kappa shape index (κ3) is 6.12. The number of halogens is 2. The number of nitrogens with zero attached hydrogens (tertiary/aromatic N) is 5. The fourth-order valence-corrected chi connectivity index (χ4v) is 5.09. The molecule has 0 aliphatic carbocycles. The molecule has 0 unspecified atom stereocenters. The molecule has 6 aromatic rings. The summed E-state index contributed by atoms with van der Waals surface area (Å²) < 4.78 is 56.2. The highest BCUT2D eigenvalue weighted by Gasteiger charge is 2.24. The molecule has 5 aromatic heterocycles. The molecule has 5 heterocycles. The number of pyridine rings is 3. The molecule has 0 radical (unpaired) electrons. The van der Waals surface area contributed by atoms with Crippen LogP contribution in [0.15, 0.2) is 55.1 Å². The molecule has 15 heteroatoms. The highest BCUT2D eigenvalue weighted by Crippen LogP contribution is 2.35. The number of imidazole rings is 1. The highest BCUT2D eigenvalue weighted by atomic mass is 32.2. The van der Waals surface area contributed by atoms with Crippen molar-refractivity contribution in [3.05, 3.63) is 72.3 Å². The van der Waals surface area contributed by atoms with E-state index in [4.69, 9.17) is 0 Å². The number of rotatable bonds is 7. The number of sulfonamides is 1. The van der Waals surface area contributed by atoms with E-state index >= 15 is 4.39 Å². The summed E-state index contributed by atoms with van der Waals surface area (Å²) in [6.45, 7) is 5.23. The zero-order valence-electron chi connectivity index (χ0n) is 24.5. The first-order valence-corrected chi connectivity index (χ1v) is 15.5. The average molecular weight is 632 g/mol. The van der Waals surface area contributed by atoms with E-state index in [9.17, 15) is 17.6 Å². The van der Waals surface area contributed by atoms with Crippen LogP contribution in [0, 0.1) is 17.0 Å². The van der Waals surface area contributed by atoms with Gasteiger partial charge in [-0.2, -0.15) is 5.10 Å². The number of hydrogen-bond acceptors (Lipinski definition) is 8. The Morgan fingerprint density at radius 1 is 1.00 bits per heavy atom. The van der Waals surface area contributed by atoms with Crippen molar-refractivity contribution in [2.24, 2.45) is 5.41 Å². The number of carbonyl (C=O) groups excluding carboxylic acids is 1. The van der Waals surface area contributed by atoms with E-state index in [1.807, 2.05) is 0 Å². The van der Waals surface area contributed by atoms with Crippen molar-refractivity contribution < 1.29 is 22.0 Å². The number of nitrogens with one attached hydrogen (secondary N) is 4. The van der Waals surface area contributed by atoms with E-state index < -0.39 is 27.1 Å². The van der Waals surface area contributed by atoms with Crippen LogP contribution in [-0.4, -0.2) is 55.7 Å². The van der Waals surface area contributed by atoms with Gasteiger partial charge in [-0.3, -0.25) is 19.9 Å². The number of aromatic amines is 2. The predicted molar refractivity (Wildman–Crippen MR) is 165 cm³/mol. The average Bonchev–Trinajstić information content (AvgIpc) is 3.60. The van der Waals surface area contributed by atoms with E-state index in [2.05, 4.69) is 45.2 Å². The summed E-state index contributed by atoms with van der Waals surface area (Å²) >= 11 is 0. The molecule has 1 amide bonds. The molecular weight excluding hydrogens is 604 g/mol. The van der Waals surface area contributed by atoms with Crippen LogP contribution in [0.3, 0.4) is 0 Å². The minimum atomic E-state index is -3.50. The normalized spacial score (nSPS) is 12.2. The molecule has 0 bridgehead atoms. The van der Waals surface area contributed by atoms with Gasteiger partial charge in [0.2, 0.25) is 15.9 Å². The molecule has 0 spiro atoms. The Hall–Kier alpha value is -5.15. The molecule has 45 heavy (non-hydrogen) atoms. The van der Waals surface area contributed by atoms with E-state index in [0.29, 0.717) is 39.1 Å². The second-order valence-electron chi connectivity index (χ2n) is 11.5. The molecule has 0 aliphatic heterocycles. The summed E-state index contributed by atoms with van der Waals surface area (Å²) in [5.41, 5.74) is 2.62. The standard InChI is InChI=1S/C30H27F2N9O3S/c1-30(2,3)29(42)37-19-10-17(12-33-13-19)20-14-35-27-22(23(20)32)26(40-41-27)28-38-21-5-6-34-24(25(21)39-28)16-7-15(8-18(31)9-16)11-36-45(4,43)44/h5-10,12-14,36H,11H2,1-4H3,(H,37,42)(H,38,39)(H,35,40,41). The lowest BCUT2D eigenvalue weighted by atomic mass is 9.95. The summed E-state index contributed by atoms with van der Waals surface area (Å²) in [5.74, 6) is -1.21. The number of hydrogen-bond donors (Lipinski definition) is 4. The zero-order chi connectivity index (χ0) is 32.1. The summed E-state index contributed by atoms with van der Waals surface area (Å²) in [5, 5.41) is 9.89. The Kier molecular flexibility index (Phi) is 7.37. The molecule has 0 fully saturated rings. The van der Waals surface area contributed by atoms with Gasteiger partial charge in [-0.25, -0.2) is 31.9 Å². The van der Waals surface area contributed by atoms with Crippen LogP contribution in [0.4, 0.5) is 14.5 Å². The Morgan fingerprint density at radius 3 is 2.56 bits per heavy atom. The van der Waals surface area contributed by atoms with Crippen LogP contribution in [0.25, 0.3) is 56.0 Å². The molecule has 0 saturated carbocycles. The minimum absolute atomic E-state index is 0.0742. The number of anilines is 1. The first-order valence-electron chi connectivity index (χ1n) is 13.7. The molecule has 0 saturated heterocycles. The lowest BCUT2D eigenvalue weighted by Crippen LogP contribution is -2.27. The molecule has 0 atom stereocenters. The number of carbonyl (C=O) groups is 1. The van der Waals surface area contributed by atoms with Crippen molar-refractivity contribution in [1.82, 2.24) is 39.8 Å². The van der Waals surface area contributed by atoms with Crippen molar-refractivity contribution in [3.8, 4) is 33.9 Å². The minimum Gasteiger partial charge on any atom is -0.336 e. The van der Waals surface area contributed by atoms with Crippen LogP contribution < -0.4 is 10.0 Å². The summed E-state index contributed by atoms with van der Waals surface area (Å²) in [6.07, 6.45) is 6.83. The molecule has 230 valence electrons. The van der Waals surface area contributed by atoms with Crippen LogP contribution in [0.5, 0.6) is 0 Å². The van der Waals surface area contributed by atoms with Crippen LogP contribution in [0.1, 0.15) is 26.3 Å². The monoisotopic (exact) mass is 631 g/mol. The van der Waals surface area contributed by atoms with E-state index in [0.717, 1.165) is 6.26 Å². The zero-order valence-corrected chi connectivity index (χ0v) is 25.3. The van der Waals surface area contributed by atoms with Crippen molar-refractivity contribution in [1.29, 1.82) is 0 Å². The van der Waals surface area contributed by atoms with Gasteiger partial charge in [-0.15, -0.1) is 0 Å². The van der Waals surface area contributed by atoms with Gasteiger partial charge in [0.1, 0.15) is 22.8 Å². The number of H-pyrrole nitrogens is 2. The lowest BCUT2D eigenvalue weighted by Gasteiger charge is -2.17. The third-order valence-electron chi connectivity index (χ3n) is 6.91. The van der Waals surface area contributed by atoms with Gasteiger partial charge in [0, 0.05) is 47.2 Å². The largest absolute Gasteiger partial charge is 0.336 e. The van der Waals surface area contributed by atoms with Crippen molar-refractivity contribution >= 4 is 43.7 Å². The van der Waals surface area contributed by atoms with Crippen molar-refractivity contribution in [3.63, 3.8) is 0 Å². The fourth-order valence-electron chi connectivity index (χ4n) is 4.66. The maximum atomic E-state index is 16.2. The van der Waals surface area contributed by atoms with Gasteiger partial charge >= 0.3 is 0 Å². The summed E-state index contributed by atoms with van der Waals surface area (Å²) in [7, 11) is -3.50. The topological polar surface area (TPSA) is 171 Å². The lowest BCUT2D eigenvalue weighted by molar-refractivity contribution is -0.123. The van der Waals surface area contributed by atoms with Gasteiger partial charge in [-0.1, -0.05) is 20.8 Å². The number of aromatic nitrogens is 7. The first kappa shape index (κ1) is 29.9. The van der Waals surface area contributed by atoms with Crippen LogP contribution in [0.2, 0.25) is 0 Å². The van der Waals surface area contributed by atoms with E-state index in [-0.39, 0.29) is 40.6 Å². The number of amides is 1. The second-order valence-corrected chi connectivity index (χ2v) is 13.4. The SMILES string of the molecule is CC(C)(C)C(=O)Nc1cncc(-c2cnc3[nH]nc(-c4nc5c(-c6cc(F)cc(CNS(C)(=O)=O)c6)nccc5[nH]4)c3c2F)c1. The predicted octanol–water partition coefficient (Wildman–Crippen LogP) is 4.94. The quantitative estimate of drug-likeness (QED) is 0.192. The Balaban J connectivity index is 1.40. The van der Waals surface area contributed by atoms with Crippen LogP contribution in [-0.2, 0) is 21.4 Å². The van der Waals surface area contributed by atoms with Gasteiger partial charge in [0.15, 0.2) is 11.5 Å². The smallest absolute Gasteiger partial charge is 0.229 e. The van der Waals surface area contributed by atoms with Gasteiger partial charge < -0.3 is 10.3 Å². The molecule has 6 rings (SSSR count). The second kappa shape index (κ2) is 11.1. The Labute approximate surface area is 255 Å². The molecular formula is C30H27F2N9O3S. The van der Waals surface area contributed by atoms with Gasteiger partial charge in [0.25, 0.3) is 0 Å². The van der Waals surface area contributed by atoms with E-state index in [1.165, 1.54) is 36.9 Å². The number of benzene rings is 1. The molecule has 0 aliphatic rings. The van der Waals surface area contributed by atoms with E-state index in [1.54, 1.807) is 39.0 Å². The fraction of sp³-hybridized carbons (Fsp3) is 0.200. The van der Waals surface area contributed by atoms with Crippen LogP contribution >= 0.6 is 0 Å². The van der Waals surface area contributed by atoms with Gasteiger partial charge in [0.05, 0.1) is 34.7 Å². The molecule has 12 nitrogen and oxygen atoms in total. The van der Waals surface area contributed by atoms with Gasteiger partial charge in [-0.05, 0) is 35.9 Å². The maximum absolute atomic E-state index is 16.2. The summed E-state index contributed by atoms with van der Waals surface area (Å²) in [4.78, 5) is 33.2.